The minimum Gasteiger partial charge on any atom is -0.346 e. The third-order valence-corrected chi connectivity index (χ3v) is 4.12. The van der Waals surface area contributed by atoms with Gasteiger partial charge >= 0.3 is 0 Å². The largest absolute Gasteiger partial charge is 0.346 e. The van der Waals surface area contributed by atoms with Crippen molar-refractivity contribution in [2.24, 2.45) is 0 Å². The summed E-state index contributed by atoms with van der Waals surface area (Å²) >= 11 is 2.16. The van der Waals surface area contributed by atoms with E-state index in [-0.39, 0.29) is 12.2 Å². The number of hydrogen-bond acceptors (Lipinski definition) is 3. The summed E-state index contributed by atoms with van der Waals surface area (Å²) < 4.78 is 11.8. The number of nitrogens with one attached hydrogen (secondary N) is 1. The van der Waals surface area contributed by atoms with Crippen LogP contribution in [0.3, 0.4) is 0 Å². The molecule has 1 aliphatic rings. The van der Waals surface area contributed by atoms with Crippen molar-refractivity contribution >= 4 is 34.2 Å². The summed E-state index contributed by atoms with van der Waals surface area (Å²) in [6.45, 7) is 1.24. The Bertz CT molecular complexity index is 636. The van der Waals surface area contributed by atoms with Crippen LogP contribution in [0.4, 0.5) is 5.69 Å². The van der Waals surface area contributed by atoms with Crippen LogP contribution in [0.5, 0.6) is 0 Å². The van der Waals surface area contributed by atoms with Gasteiger partial charge in [0.25, 0.3) is 5.91 Å². The SMILES string of the molecule is O=C(Nc1ccc(C2OCCO2)cc1)c1ccccc1I. The minimum atomic E-state index is -0.287. The van der Waals surface area contributed by atoms with Crippen LogP contribution >= 0.6 is 22.6 Å². The highest BCUT2D eigenvalue weighted by Gasteiger charge is 2.18. The van der Waals surface area contributed by atoms with E-state index in [1.165, 1.54) is 0 Å². The summed E-state index contributed by atoms with van der Waals surface area (Å²) in [6, 6.07) is 15.0. The molecule has 2 aromatic carbocycles. The highest BCUT2D eigenvalue weighted by atomic mass is 127. The van der Waals surface area contributed by atoms with Crippen molar-refractivity contribution in [1.82, 2.24) is 0 Å². The number of amides is 1. The molecule has 1 N–H and O–H groups in total. The monoisotopic (exact) mass is 395 g/mol. The van der Waals surface area contributed by atoms with Gasteiger partial charge in [-0.15, -0.1) is 0 Å². The summed E-state index contributed by atoms with van der Waals surface area (Å²) in [7, 11) is 0. The van der Waals surface area contributed by atoms with Crippen LogP contribution in [0.25, 0.3) is 0 Å². The third-order valence-electron chi connectivity index (χ3n) is 3.18. The van der Waals surface area contributed by atoms with Crippen LogP contribution in [0.15, 0.2) is 48.5 Å². The quantitative estimate of drug-likeness (QED) is 0.809. The molecular formula is C16H14INO3. The molecule has 0 radical (unpaired) electrons. The van der Waals surface area contributed by atoms with Crippen molar-refractivity contribution in [2.75, 3.05) is 18.5 Å². The summed E-state index contributed by atoms with van der Waals surface area (Å²) in [6.07, 6.45) is -0.287. The predicted molar refractivity (Wildman–Crippen MR) is 88.2 cm³/mol. The van der Waals surface area contributed by atoms with E-state index in [1.807, 2.05) is 48.5 Å². The van der Waals surface area contributed by atoms with Gasteiger partial charge in [0.15, 0.2) is 6.29 Å². The second-order valence-corrected chi connectivity index (χ2v) is 5.79. The molecule has 21 heavy (non-hydrogen) atoms. The first-order valence-corrected chi connectivity index (χ1v) is 7.71. The second kappa shape index (κ2) is 6.55. The highest BCUT2D eigenvalue weighted by Crippen LogP contribution is 2.24. The highest BCUT2D eigenvalue weighted by molar-refractivity contribution is 14.1. The molecule has 5 heteroatoms. The van der Waals surface area contributed by atoms with Crippen molar-refractivity contribution in [3.05, 3.63) is 63.2 Å². The normalized spacial score (nSPS) is 15.1. The van der Waals surface area contributed by atoms with Crippen molar-refractivity contribution in [3.63, 3.8) is 0 Å². The van der Waals surface area contributed by atoms with Gasteiger partial charge in [0.05, 0.1) is 18.8 Å². The Kier molecular flexibility index (Phi) is 4.52. The van der Waals surface area contributed by atoms with Crippen LogP contribution in [-0.4, -0.2) is 19.1 Å². The van der Waals surface area contributed by atoms with Crippen LogP contribution in [0.1, 0.15) is 22.2 Å². The Morgan fingerprint density at radius 3 is 2.38 bits per heavy atom. The lowest BCUT2D eigenvalue weighted by Gasteiger charge is -2.11. The molecule has 0 aromatic heterocycles. The number of ether oxygens (including phenoxy) is 2. The zero-order valence-corrected chi connectivity index (χ0v) is 13.4. The predicted octanol–water partition coefficient (Wildman–Crippen LogP) is 3.59. The average molecular weight is 395 g/mol. The number of benzene rings is 2. The minimum absolute atomic E-state index is 0.110. The average Bonchev–Trinajstić information content (AvgIpc) is 3.02. The zero-order chi connectivity index (χ0) is 14.7. The van der Waals surface area contributed by atoms with Crippen molar-refractivity contribution < 1.29 is 14.3 Å². The fourth-order valence-electron chi connectivity index (χ4n) is 2.12. The molecule has 1 aliphatic heterocycles. The van der Waals surface area contributed by atoms with Crippen molar-refractivity contribution in [1.29, 1.82) is 0 Å². The van der Waals surface area contributed by atoms with E-state index in [0.29, 0.717) is 18.8 Å². The molecule has 1 fully saturated rings. The first-order chi connectivity index (χ1) is 10.2. The lowest BCUT2D eigenvalue weighted by molar-refractivity contribution is -0.0441. The number of carbonyl (C=O) groups excluding carboxylic acids is 1. The van der Waals surface area contributed by atoms with Gasteiger partial charge < -0.3 is 14.8 Å². The Hall–Kier alpha value is -1.44. The first kappa shape index (κ1) is 14.5. The number of rotatable bonds is 3. The van der Waals surface area contributed by atoms with Crippen LogP contribution < -0.4 is 5.32 Å². The molecule has 1 amide bonds. The molecule has 0 atom stereocenters. The zero-order valence-electron chi connectivity index (χ0n) is 11.2. The van der Waals surface area contributed by atoms with E-state index < -0.39 is 0 Å². The summed E-state index contributed by atoms with van der Waals surface area (Å²) in [5, 5.41) is 2.89. The Balaban J connectivity index is 1.70. The maximum absolute atomic E-state index is 12.2. The summed E-state index contributed by atoms with van der Waals surface area (Å²) in [5.74, 6) is -0.110. The van der Waals surface area contributed by atoms with E-state index in [1.54, 1.807) is 0 Å². The van der Waals surface area contributed by atoms with Gasteiger partial charge in [-0.1, -0.05) is 24.3 Å². The van der Waals surface area contributed by atoms with Gasteiger partial charge in [-0.25, -0.2) is 0 Å². The lowest BCUT2D eigenvalue weighted by Crippen LogP contribution is -2.13. The second-order valence-electron chi connectivity index (χ2n) is 4.63. The fraction of sp³-hybridized carbons (Fsp3) is 0.188. The van der Waals surface area contributed by atoms with Crippen LogP contribution in [0.2, 0.25) is 0 Å². The van der Waals surface area contributed by atoms with Crippen LogP contribution in [-0.2, 0) is 9.47 Å². The first-order valence-electron chi connectivity index (χ1n) is 6.63. The maximum Gasteiger partial charge on any atom is 0.256 e. The van der Waals surface area contributed by atoms with Gasteiger partial charge in [0, 0.05) is 14.8 Å². The van der Waals surface area contributed by atoms with E-state index in [9.17, 15) is 4.79 Å². The molecule has 0 aliphatic carbocycles. The molecule has 1 saturated heterocycles. The number of anilines is 1. The summed E-state index contributed by atoms with van der Waals surface area (Å²) in [4.78, 5) is 12.2. The van der Waals surface area contributed by atoms with Gasteiger partial charge in [0.1, 0.15) is 0 Å². The Morgan fingerprint density at radius 1 is 1.05 bits per heavy atom. The molecule has 1 heterocycles. The van der Waals surface area contributed by atoms with Crippen molar-refractivity contribution in [2.45, 2.75) is 6.29 Å². The molecule has 0 unspecified atom stereocenters. The number of halogens is 1. The molecule has 3 rings (SSSR count). The Labute approximate surface area is 136 Å². The van der Waals surface area contributed by atoms with E-state index in [4.69, 9.17) is 9.47 Å². The van der Waals surface area contributed by atoms with E-state index >= 15 is 0 Å². The standard InChI is InChI=1S/C16H14INO3/c17-14-4-2-1-3-13(14)15(19)18-12-7-5-11(6-8-12)16-20-9-10-21-16/h1-8,16H,9-10H2,(H,18,19). The molecule has 0 saturated carbocycles. The topological polar surface area (TPSA) is 47.6 Å². The fourth-order valence-corrected chi connectivity index (χ4v) is 2.75. The number of hydrogen-bond donors (Lipinski definition) is 1. The Morgan fingerprint density at radius 2 is 1.71 bits per heavy atom. The molecule has 108 valence electrons. The van der Waals surface area contributed by atoms with Gasteiger partial charge in [-0.2, -0.15) is 0 Å². The molecule has 2 aromatic rings. The summed E-state index contributed by atoms with van der Waals surface area (Å²) in [5.41, 5.74) is 2.38. The lowest BCUT2D eigenvalue weighted by atomic mass is 10.1. The number of carbonyl (C=O) groups is 1. The van der Waals surface area contributed by atoms with Gasteiger partial charge in [-0.3, -0.25) is 4.79 Å². The molecular weight excluding hydrogens is 381 g/mol. The molecule has 0 bridgehead atoms. The van der Waals surface area contributed by atoms with E-state index in [2.05, 4.69) is 27.9 Å². The molecule has 0 spiro atoms. The van der Waals surface area contributed by atoms with Gasteiger partial charge in [-0.05, 0) is 46.9 Å². The van der Waals surface area contributed by atoms with Gasteiger partial charge in [0.2, 0.25) is 0 Å². The third kappa shape index (κ3) is 3.42. The maximum atomic E-state index is 12.2. The van der Waals surface area contributed by atoms with E-state index in [0.717, 1.165) is 14.8 Å². The molecule has 4 nitrogen and oxygen atoms in total. The smallest absolute Gasteiger partial charge is 0.256 e. The van der Waals surface area contributed by atoms with Crippen molar-refractivity contribution in [3.8, 4) is 0 Å². The van der Waals surface area contributed by atoms with Crippen LogP contribution in [0, 0.1) is 3.57 Å².